The molecule has 2 nitrogen and oxygen atoms in total. The third kappa shape index (κ3) is 5.45. The molecule has 0 aromatic heterocycles. The molecule has 3 unspecified atom stereocenters. The molecule has 0 bridgehead atoms. The minimum Gasteiger partial charge on any atom is -1.00 e. The van der Waals surface area contributed by atoms with Crippen molar-refractivity contribution in [2.24, 2.45) is 11.3 Å². The standard InChI is InChI=1S/C17H26ClNO.ClH/c1-12-8-13(10-17(2,3)9-12)19-11-16(20)14-6-4-5-7-15(14)18;/h4-7,12-13,16,19-20H,8-11H2,1-3H3;1H. The highest BCUT2D eigenvalue weighted by Gasteiger charge is 2.34. The zero-order valence-electron chi connectivity index (χ0n) is 13.2. The average Bonchev–Trinajstić information content (AvgIpc) is 2.34. The lowest BCUT2D eigenvalue weighted by Crippen LogP contribution is -3.00. The van der Waals surface area contributed by atoms with Crippen molar-refractivity contribution in [1.82, 2.24) is 0 Å². The van der Waals surface area contributed by atoms with Gasteiger partial charge in [0, 0.05) is 23.4 Å². The summed E-state index contributed by atoms with van der Waals surface area (Å²) in [6.45, 7) is 7.74. The molecule has 0 saturated heterocycles. The highest BCUT2D eigenvalue weighted by Crippen LogP contribution is 2.37. The van der Waals surface area contributed by atoms with E-state index < -0.39 is 6.10 Å². The number of rotatable bonds is 4. The molecular weight excluding hydrogens is 305 g/mol. The number of aliphatic hydroxyl groups is 1. The maximum atomic E-state index is 10.3. The lowest BCUT2D eigenvalue weighted by Gasteiger charge is -2.37. The molecule has 21 heavy (non-hydrogen) atoms. The van der Waals surface area contributed by atoms with Gasteiger partial charge in [0.2, 0.25) is 0 Å². The van der Waals surface area contributed by atoms with Gasteiger partial charge in [-0.1, -0.05) is 50.6 Å². The van der Waals surface area contributed by atoms with Gasteiger partial charge in [0.15, 0.2) is 0 Å². The van der Waals surface area contributed by atoms with Crippen molar-refractivity contribution in [1.29, 1.82) is 0 Å². The summed E-state index contributed by atoms with van der Waals surface area (Å²) in [6, 6.07) is 8.19. The number of quaternary nitrogens is 1. The second-order valence-electron chi connectivity index (χ2n) is 7.18. The lowest BCUT2D eigenvalue weighted by atomic mass is 9.70. The van der Waals surface area contributed by atoms with Gasteiger partial charge < -0.3 is 22.8 Å². The molecule has 4 heteroatoms. The smallest absolute Gasteiger partial charge is 0.129 e. The highest BCUT2D eigenvalue weighted by molar-refractivity contribution is 6.31. The van der Waals surface area contributed by atoms with Crippen LogP contribution in [-0.2, 0) is 0 Å². The van der Waals surface area contributed by atoms with E-state index in [0.717, 1.165) is 11.5 Å². The quantitative estimate of drug-likeness (QED) is 0.810. The van der Waals surface area contributed by atoms with Crippen molar-refractivity contribution >= 4 is 11.6 Å². The number of aliphatic hydroxyl groups excluding tert-OH is 1. The van der Waals surface area contributed by atoms with Crippen LogP contribution < -0.4 is 17.7 Å². The number of hydrogen-bond acceptors (Lipinski definition) is 1. The number of halogens is 2. The molecule has 0 radical (unpaired) electrons. The Balaban J connectivity index is 0.00000220. The SMILES string of the molecule is CC1CC([NH2+]CC(O)c2ccccc2Cl)CC(C)(C)C1.[Cl-]. The molecule has 120 valence electrons. The molecule has 3 atom stereocenters. The monoisotopic (exact) mass is 331 g/mol. The van der Waals surface area contributed by atoms with Gasteiger partial charge in [-0.15, -0.1) is 0 Å². The van der Waals surface area contributed by atoms with E-state index in [1.807, 2.05) is 24.3 Å². The zero-order valence-corrected chi connectivity index (χ0v) is 14.7. The van der Waals surface area contributed by atoms with Crippen molar-refractivity contribution in [3.63, 3.8) is 0 Å². The predicted molar refractivity (Wildman–Crippen MR) is 83.8 cm³/mol. The first-order valence-electron chi connectivity index (χ1n) is 7.63. The van der Waals surface area contributed by atoms with E-state index in [-0.39, 0.29) is 12.4 Å². The Labute approximate surface area is 139 Å². The average molecular weight is 332 g/mol. The largest absolute Gasteiger partial charge is 1.00 e. The third-order valence-corrected chi connectivity index (χ3v) is 4.72. The van der Waals surface area contributed by atoms with Gasteiger partial charge >= 0.3 is 0 Å². The van der Waals surface area contributed by atoms with E-state index in [9.17, 15) is 5.11 Å². The first kappa shape index (κ1) is 18.8. The van der Waals surface area contributed by atoms with Crippen LogP contribution in [-0.4, -0.2) is 17.7 Å². The first-order chi connectivity index (χ1) is 9.37. The molecule has 2 rings (SSSR count). The maximum absolute atomic E-state index is 10.3. The molecule has 1 aromatic rings. The normalized spacial score (nSPS) is 26.0. The van der Waals surface area contributed by atoms with Crippen LogP contribution in [0.3, 0.4) is 0 Å². The molecule has 0 aliphatic heterocycles. The molecule has 1 saturated carbocycles. The van der Waals surface area contributed by atoms with Crippen LogP contribution in [0.15, 0.2) is 24.3 Å². The first-order valence-corrected chi connectivity index (χ1v) is 8.01. The second kappa shape index (κ2) is 7.82. The Bertz CT molecular complexity index is 450. The molecule has 1 aliphatic carbocycles. The van der Waals surface area contributed by atoms with Crippen molar-refractivity contribution in [3.05, 3.63) is 34.9 Å². The van der Waals surface area contributed by atoms with Crippen LogP contribution in [0.4, 0.5) is 0 Å². The molecular formula is C17H27Cl2NO. The second-order valence-corrected chi connectivity index (χ2v) is 7.59. The van der Waals surface area contributed by atoms with Crippen LogP contribution in [0.25, 0.3) is 0 Å². The van der Waals surface area contributed by atoms with Crippen LogP contribution in [0.2, 0.25) is 5.02 Å². The molecule has 1 fully saturated rings. The predicted octanol–water partition coefficient (Wildman–Crippen LogP) is 0.156. The van der Waals surface area contributed by atoms with Crippen LogP contribution in [0.1, 0.15) is 51.7 Å². The van der Waals surface area contributed by atoms with Gasteiger partial charge in [-0.05, 0) is 23.8 Å². The minimum absolute atomic E-state index is 0. The Kier molecular flexibility index (Phi) is 6.99. The third-order valence-electron chi connectivity index (χ3n) is 4.38. The Morgan fingerprint density at radius 3 is 2.62 bits per heavy atom. The van der Waals surface area contributed by atoms with E-state index in [0.29, 0.717) is 23.0 Å². The zero-order chi connectivity index (χ0) is 14.8. The highest BCUT2D eigenvalue weighted by atomic mass is 35.5. The van der Waals surface area contributed by atoms with Crippen LogP contribution >= 0.6 is 11.6 Å². The lowest BCUT2D eigenvalue weighted by molar-refractivity contribution is -0.700. The fourth-order valence-corrected chi connectivity index (χ4v) is 4.05. The Morgan fingerprint density at radius 1 is 1.33 bits per heavy atom. The fourth-order valence-electron chi connectivity index (χ4n) is 3.79. The van der Waals surface area contributed by atoms with Gasteiger partial charge in [-0.2, -0.15) is 0 Å². The summed E-state index contributed by atoms with van der Waals surface area (Å²) in [5, 5.41) is 13.3. The summed E-state index contributed by atoms with van der Waals surface area (Å²) >= 11 is 6.14. The van der Waals surface area contributed by atoms with Crippen molar-refractivity contribution < 1.29 is 22.8 Å². The molecule has 1 aliphatic rings. The summed E-state index contributed by atoms with van der Waals surface area (Å²) in [6.07, 6.45) is 3.30. The van der Waals surface area contributed by atoms with Gasteiger partial charge in [0.05, 0.1) is 6.04 Å². The minimum atomic E-state index is -0.482. The van der Waals surface area contributed by atoms with Gasteiger partial charge in [-0.25, -0.2) is 0 Å². The van der Waals surface area contributed by atoms with E-state index in [4.69, 9.17) is 11.6 Å². The van der Waals surface area contributed by atoms with Crippen LogP contribution in [0, 0.1) is 11.3 Å². The van der Waals surface area contributed by atoms with E-state index >= 15 is 0 Å². The van der Waals surface area contributed by atoms with Crippen LogP contribution in [0.5, 0.6) is 0 Å². The van der Waals surface area contributed by atoms with E-state index in [1.54, 1.807) is 0 Å². The molecule has 3 N–H and O–H groups in total. The number of hydrogen-bond donors (Lipinski definition) is 2. The molecule has 1 aromatic carbocycles. The topological polar surface area (TPSA) is 36.8 Å². The summed E-state index contributed by atoms with van der Waals surface area (Å²) in [7, 11) is 0. The number of nitrogens with two attached hydrogens (primary N) is 1. The maximum Gasteiger partial charge on any atom is 0.129 e. The summed E-state index contributed by atoms with van der Waals surface area (Å²) in [4.78, 5) is 0. The van der Waals surface area contributed by atoms with Crippen molar-refractivity contribution in [2.75, 3.05) is 6.54 Å². The van der Waals surface area contributed by atoms with Gasteiger partial charge in [0.25, 0.3) is 0 Å². The van der Waals surface area contributed by atoms with Gasteiger partial charge in [0.1, 0.15) is 12.6 Å². The molecule has 0 spiro atoms. The van der Waals surface area contributed by atoms with Gasteiger partial charge in [-0.3, -0.25) is 0 Å². The van der Waals surface area contributed by atoms with Crippen molar-refractivity contribution in [3.8, 4) is 0 Å². The molecule has 0 amide bonds. The Hall–Kier alpha value is -0.280. The molecule has 0 heterocycles. The summed E-state index contributed by atoms with van der Waals surface area (Å²) in [5.74, 6) is 0.775. The summed E-state index contributed by atoms with van der Waals surface area (Å²) in [5.41, 5.74) is 1.27. The Morgan fingerprint density at radius 2 is 2.00 bits per heavy atom. The van der Waals surface area contributed by atoms with E-state index in [1.165, 1.54) is 19.3 Å². The van der Waals surface area contributed by atoms with Crippen molar-refractivity contribution in [2.45, 2.75) is 52.2 Å². The number of benzene rings is 1. The fraction of sp³-hybridized carbons (Fsp3) is 0.647. The summed E-state index contributed by atoms with van der Waals surface area (Å²) < 4.78 is 0. The van der Waals surface area contributed by atoms with E-state index in [2.05, 4.69) is 26.1 Å².